The Morgan fingerprint density at radius 1 is 1.13 bits per heavy atom. The van der Waals surface area contributed by atoms with E-state index in [1.54, 1.807) is 16.7 Å². The van der Waals surface area contributed by atoms with Gasteiger partial charge in [-0.3, -0.25) is 14.1 Å². The second-order valence-electron chi connectivity index (χ2n) is 5.82. The van der Waals surface area contributed by atoms with Crippen molar-refractivity contribution >= 4 is 21.6 Å². The number of pyridine rings is 1. The van der Waals surface area contributed by atoms with Crippen LogP contribution in [0.4, 0.5) is 0 Å². The van der Waals surface area contributed by atoms with Gasteiger partial charge in [0.2, 0.25) is 0 Å². The zero-order valence-electron chi connectivity index (χ0n) is 13.2. The molecule has 0 amide bonds. The molecule has 0 bridgehead atoms. The van der Waals surface area contributed by atoms with E-state index >= 15 is 0 Å². The Hall–Kier alpha value is -1.98. The minimum Gasteiger partial charge on any atom is -0.296 e. The molecule has 0 spiro atoms. The van der Waals surface area contributed by atoms with E-state index in [2.05, 4.69) is 57.0 Å². The summed E-state index contributed by atoms with van der Waals surface area (Å²) in [6.45, 7) is 3.54. The van der Waals surface area contributed by atoms with Gasteiger partial charge in [0.15, 0.2) is 0 Å². The van der Waals surface area contributed by atoms with Crippen molar-refractivity contribution in [3.05, 3.63) is 80.3 Å². The Bertz CT molecular complexity index is 887. The summed E-state index contributed by atoms with van der Waals surface area (Å²) in [7, 11) is 2.03. The van der Waals surface area contributed by atoms with Crippen molar-refractivity contribution in [1.82, 2.24) is 14.3 Å². The van der Waals surface area contributed by atoms with Crippen LogP contribution in [0.15, 0.2) is 57.9 Å². The summed E-state index contributed by atoms with van der Waals surface area (Å²) in [6, 6.07) is 13.8. The third-order valence-corrected chi connectivity index (χ3v) is 4.15. The fraction of sp³-hybridized carbons (Fsp3) is 0.222. The molecule has 0 saturated heterocycles. The summed E-state index contributed by atoms with van der Waals surface area (Å²) in [5.41, 5.74) is 3.90. The van der Waals surface area contributed by atoms with Crippen LogP contribution >= 0.6 is 15.9 Å². The predicted octanol–water partition coefficient (Wildman–Crippen LogP) is 3.40. The van der Waals surface area contributed by atoms with E-state index in [1.165, 1.54) is 11.1 Å². The summed E-state index contributed by atoms with van der Waals surface area (Å²) < 4.78 is 2.41. The van der Waals surface area contributed by atoms with Crippen molar-refractivity contribution in [2.45, 2.75) is 20.0 Å². The molecule has 3 aromatic rings. The predicted molar refractivity (Wildman–Crippen MR) is 95.5 cm³/mol. The number of aromatic nitrogens is 2. The van der Waals surface area contributed by atoms with E-state index in [-0.39, 0.29) is 5.56 Å². The van der Waals surface area contributed by atoms with E-state index in [1.807, 2.05) is 19.2 Å². The summed E-state index contributed by atoms with van der Waals surface area (Å²) in [6.07, 6.45) is 1.74. The van der Waals surface area contributed by atoms with Gasteiger partial charge in [-0.15, -0.1) is 0 Å². The lowest BCUT2D eigenvalue weighted by Gasteiger charge is -2.16. The lowest BCUT2D eigenvalue weighted by atomic mass is 10.1. The summed E-state index contributed by atoms with van der Waals surface area (Å²) in [5.74, 6) is 0. The molecule has 0 aliphatic rings. The van der Waals surface area contributed by atoms with Gasteiger partial charge in [-0.1, -0.05) is 29.8 Å². The number of hydrogen-bond donors (Lipinski definition) is 0. The number of benzene rings is 1. The molecule has 2 aromatic heterocycles. The Morgan fingerprint density at radius 2 is 1.87 bits per heavy atom. The van der Waals surface area contributed by atoms with Crippen LogP contribution in [0, 0.1) is 6.92 Å². The Labute approximate surface area is 143 Å². The molecule has 0 aliphatic carbocycles. The molecular formula is C18H18BrN3O. The second kappa shape index (κ2) is 6.64. The van der Waals surface area contributed by atoms with Crippen molar-refractivity contribution in [3.63, 3.8) is 0 Å². The largest absolute Gasteiger partial charge is 0.296 e. The number of nitrogens with zero attached hydrogens (tertiary/aromatic N) is 3. The highest BCUT2D eigenvalue weighted by Crippen LogP contribution is 2.11. The zero-order valence-corrected chi connectivity index (χ0v) is 14.7. The normalized spacial score (nSPS) is 11.3. The van der Waals surface area contributed by atoms with Crippen LogP contribution in [0.25, 0.3) is 5.65 Å². The minimum atomic E-state index is -0.0602. The van der Waals surface area contributed by atoms with Crippen molar-refractivity contribution in [1.29, 1.82) is 0 Å². The monoisotopic (exact) mass is 371 g/mol. The average Bonchev–Trinajstić information content (AvgIpc) is 2.50. The van der Waals surface area contributed by atoms with Crippen LogP contribution < -0.4 is 5.56 Å². The molecule has 0 radical (unpaired) electrons. The molecule has 0 fully saturated rings. The molecule has 0 unspecified atom stereocenters. The van der Waals surface area contributed by atoms with E-state index in [0.717, 1.165) is 16.7 Å². The first-order valence-electron chi connectivity index (χ1n) is 7.43. The summed E-state index contributed by atoms with van der Waals surface area (Å²) in [5, 5.41) is 0. The van der Waals surface area contributed by atoms with Gasteiger partial charge in [0.05, 0.1) is 5.69 Å². The molecule has 0 N–H and O–H groups in total. The highest BCUT2D eigenvalue weighted by molar-refractivity contribution is 9.10. The van der Waals surface area contributed by atoms with Crippen molar-refractivity contribution in [2.75, 3.05) is 7.05 Å². The van der Waals surface area contributed by atoms with Crippen LogP contribution in [0.2, 0.25) is 0 Å². The molecule has 0 saturated carbocycles. The van der Waals surface area contributed by atoms with Gasteiger partial charge in [-0.2, -0.15) is 0 Å². The zero-order chi connectivity index (χ0) is 16.4. The van der Waals surface area contributed by atoms with Crippen LogP contribution in [0.3, 0.4) is 0 Å². The molecule has 118 valence electrons. The number of aryl methyl sites for hydroxylation is 1. The number of fused-ring (bicyclic) bond motifs is 1. The highest BCUT2D eigenvalue weighted by atomic mass is 79.9. The topological polar surface area (TPSA) is 37.6 Å². The van der Waals surface area contributed by atoms with Gasteiger partial charge in [0, 0.05) is 29.8 Å². The molecule has 0 aliphatic heterocycles. The Kier molecular flexibility index (Phi) is 4.59. The molecule has 1 aromatic carbocycles. The van der Waals surface area contributed by atoms with E-state index in [9.17, 15) is 4.79 Å². The van der Waals surface area contributed by atoms with E-state index in [4.69, 9.17) is 0 Å². The first kappa shape index (κ1) is 15.9. The van der Waals surface area contributed by atoms with Crippen LogP contribution in [0.5, 0.6) is 0 Å². The fourth-order valence-electron chi connectivity index (χ4n) is 2.54. The molecule has 5 heteroatoms. The Morgan fingerprint density at radius 3 is 2.61 bits per heavy atom. The van der Waals surface area contributed by atoms with E-state index < -0.39 is 0 Å². The van der Waals surface area contributed by atoms with Crippen LogP contribution in [0.1, 0.15) is 16.8 Å². The number of rotatable bonds is 4. The fourth-order valence-corrected chi connectivity index (χ4v) is 2.88. The van der Waals surface area contributed by atoms with Crippen molar-refractivity contribution in [2.24, 2.45) is 0 Å². The highest BCUT2D eigenvalue weighted by Gasteiger charge is 2.07. The number of halogens is 1. The lowest BCUT2D eigenvalue weighted by Crippen LogP contribution is -2.21. The molecule has 2 heterocycles. The van der Waals surface area contributed by atoms with Gasteiger partial charge in [-0.05, 0) is 47.6 Å². The Balaban J connectivity index is 1.79. The van der Waals surface area contributed by atoms with Crippen LogP contribution in [-0.4, -0.2) is 21.3 Å². The van der Waals surface area contributed by atoms with Gasteiger partial charge < -0.3 is 0 Å². The molecule has 4 nitrogen and oxygen atoms in total. The third kappa shape index (κ3) is 3.86. The van der Waals surface area contributed by atoms with Gasteiger partial charge in [0.1, 0.15) is 5.65 Å². The van der Waals surface area contributed by atoms with Gasteiger partial charge in [0.25, 0.3) is 5.56 Å². The maximum absolute atomic E-state index is 12.2. The van der Waals surface area contributed by atoms with Gasteiger partial charge >= 0.3 is 0 Å². The van der Waals surface area contributed by atoms with Crippen molar-refractivity contribution in [3.8, 4) is 0 Å². The minimum absolute atomic E-state index is 0.0602. The maximum atomic E-state index is 12.2. The smallest absolute Gasteiger partial charge is 0.258 e. The molecular weight excluding hydrogens is 354 g/mol. The van der Waals surface area contributed by atoms with E-state index in [0.29, 0.717) is 12.2 Å². The number of hydrogen-bond acceptors (Lipinski definition) is 3. The van der Waals surface area contributed by atoms with Crippen LogP contribution in [-0.2, 0) is 13.1 Å². The first-order valence-corrected chi connectivity index (χ1v) is 8.22. The summed E-state index contributed by atoms with van der Waals surface area (Å²) in [4.78, 5) is 18.9. The SMILES string of the molecule is Cc1ccc(CN(C)Cc2cc(=O)n3cc(Br)ccc3n2)cc1. The first-order chi connectivity index (χ1) is 11.0. The standard InChI is InChI=1S/C18H18BrN3O/c1-13-3-5-14(6-4-13)10-21(2)12-16-9-18(23)22-11-15(19)7-8-17(22)20-16/h3-9,11H,10,12H2,1-2H3. The maximum Gasteiger partial charge on any atom is 0.258 e. The average molecular weight is 372 g/mol. The molecule has 3 rings (SSSR count). The quantitative estimate of drug-likeness (QED) is 0.705. The van der Waals surface area contributed by atoms with Gasteiger partial charge in [-0.25, -0.2) is 4.98 Å². The third-order valence-electron chi connectivity index (χ3n) is 3.68. The summed E-state index contributed by atoms with van der Waals surface area (Å²) >= 11 is 3.37. The second-order valence-corrected chi connectivity index (χ2v) is 6.73. The molecule has 23 heavy (non-hydrogen) atoms. The molecule has 0 atom stereocenters. The van der Waals surface area contributed by atoms with Crippen molar-refractivity contribution < 1.29 is 0 Å². The lowest BCUT2D eigenvalue weighted by molar-refractivity contribution is 0.315.